The normalized spacial score (nSPS) is 12.3. The molecule has 0 saturated heterocycles. The van der Waals surface area contributed by atoms with Gasteiger partial charge >= 0.3 is 0 Å². The van der Waals surface area contributed by atoms with E-state index in [1.807, 2.05) is 0 Å². The van der Waals surface area contributed by atoms with Crippen molar-refractivity contribution in [2.24, 2.45) is 0 Å². The van der Waals surface area contributed by atoms with Gasteiger partial charge in [-0.3, -0.25) is 10.1 Å². The van der Waals surface area contributed by atoms with Crippen LogP contribution in [0.4, 0.5) is 5.69 Å². The molecule has 1 N–H and O–H groups in total. The molecule has 5 nitrogen and oxygen atoms in total. The smallest absolute Gasteiger partial charge is 0.270 e. The number of aliphatic hydroxyl groups excluding tert-OH is 1. The van der Waals surface area contributed by atoms with Gasteiger partial charge in [0, 0.05) is 17.7 Å². The lowest BCUT2D eigenvalue weighted by atomic mass is 10.2. The summed E-state index contributed by atoms with van der Waals surface area (Å²) in [6.07, 6.45) is 0. The van der Waals surface area contributed by atoms with Gasteiger partial charge in [-0.15, -0.1) is 0 Å². The molecule has 1 aromatic carbocycles. The Balaban J connectivity index is 3.12. The molecule has 0 atom stereocenters. The monoisotopic (exact) mass is 283 g/mol. The van der Waals surface area contributed by atoms with Gasteiger partial charge in [0.1, 0.15) is 5.75 Å². The number of nitrogens with zero attached hydrogens (tertiary/aromatic N) is 1. The Morgan fingerprint density at radius 1 is 1.37 bits per heavy atom. The lowest BCUT2D eigenvalue weighted by Crippen LogP contribution is -2.44. The van der Waals surface area contributed by atoms with Gasteiger partial charge in [0.25, 0.3) is 5.69 Å². The molecule has 0 radical (unpaired) electrons. The SMILES string of the molecule is CC(C)(C)[Si](C)(C)Oc1ccc([N+](=O)[O-])cc1CO. The fourth-order valence-electron chi connectivity index (χ4n) is 1.33. The molecule has 0 fully saturated rings. The summed E-state index contributed by atoms with van der Waals surface area (Å²) < 4.78 is 6.08. The van der Waals surface area contributed by atoms with E-state index in [1.54, 1.807) is 6.07 Å². The molecule has 106 valence electrons. The molecule has 1 aromatic rings. The summed E-state index contributed by atoms with van der Waals surface area (Å²) in [5, 5.41) is 20.1. The number of aliphatic hydroxyl groups is 1. The highest BCUT2D eigenvalue weighted by molar-refractivity contribution is 6.74. The first-order valence-electron chi connectivity index (χ1n) is 6.15. The topological polar surface area (TPSA) is 72.6 Å². The van der Waals surface area contributed by atoms with Crippen molar-refractivity contribution in [3.05, 3.63) is 33.9 Å². The molecule has 0 amide bonds. The average molecular weight is 283 g/mol. The predicted octanol–water partition coefficient (Wildman–Crippen LogP) is 3.47. The Kier molecular flexibility index (Phi) is 4.37. The van der Waals surface area contributed by atoms with E-state index in [1.165, 1.54) is 12.1 Å². The molecular weight excluding hydrogens is 262 g/mol. The molecule has 0 saturated carbocycles. The van der Waals surface area contributed by atoms with E-state index in [2.05, 4.69) is 33.9 Å². The minimum Gasteiger partial charge on any atom is -0.543 e. The van der Waals surface area contributed by atoms with E-state index in [9.17, 15) is 15.2 Å². The summed E-state index contributed by atoms with van der Waals surface area (Å²) in [5.74, 6) is 0.541. The molecule has 0 aliphatic carbocycles. The predicted molar refractivity (Wildman–Crippen MR) is 76.8 cm³/mol. The minimum atomic E-state index is -2.02. The maximum absolute atomic E-state index is 10.7. The zero-order valence-corrected chi connectivity index (χ0v) is 13.1. The van der Waals surface area contributed by atoms with Crippen LogP contribution < -0.4 is 4.43 Å². The first-order valence-corrected chi connectivity index (χ1v) is 9.06. The van der Waals surface area contributed by atoms with Crippen LogP contribution in [0, 0.1) is 10.1 Å². The Morgan fingerprint density at radius 2 is 1.95 bits per heavy atom. The molecule has 0 bridgehead atoms. The van der Waals surface area contributed by atoms with Gasteiger partial charge in [0.2, 0.25) is 8.32 Å². The van der Waals surface area contributed by atoms with Gasteiger partial charge in [0.05, 0.1) is 11.5 Å². The first-order chi connectivity index (χ1) is 8.58. The van der Waals surface area contributed by atoms with Crippen LogP contribution in [0.1, 0.15) is 26.3 Å². The number of benzene rings is 1. The summed E-state index contributed by atoms with van der Waals surface area (Å²) >= 11 is 0. The zero-order chi connectivity index (χ0) is 14.8. The highest BCUT2D eigenvalue weighted by atomic mass is 28.4. The summed E-state index contributed by atoms with van der Waals surface area (Å²) in [7, 11) is -2.02. The van der Waals surface area contributed by atoms with Crippen molar-refractivity contribution in [1.29, 1.82) is 0 Å². The molecule has 0 heterocycles. The van der Waals surface area contributed by atoms with E-state index >= 15 is 0 Å². The van der Waals surface area contributed by atoms with Crippen molar-refractivity contribution in [3.8, 4) is 5.75 Å². The number of rotatable bonds is 4. The Morgan fingerprint density at radius 3 is 2.37 bits per heavy atom. The summed E-state index contributed by atoms with van der Waals surface area (Å²) in [6, 6.07) is 4.34. The second-order valence-electron chi connectivity index (χ2n) is 6.07. The highest BCUT2D eigenvalue weighted by Gasteiger charge is 2.39. The van der Waals surface area contributed by atoms with Gasteiger partial charge in [-0.25, -0.2) is 0 Å². The van der Waals surface area contributed by atoms with Crippen molar-refractivity contribution in [1.82, 2.24) is 0 Å². The maximum Gasteiger partial charge on any atom is 0.270 e. The highest BCUT2D eigenvalue weighted by Crippen LogP contribution is 2.38. The molecule has 19 heavy (non-hydrogen) atoms. The van der Waals surface area contributed by atoms with E-state index in [4.69, 9.17) is 4.43 Å². The number of nitro benzene ring substituents is 1. The van der Waals surface area contributed by atoms with Crippen molar-refractivity contribution in [2.75, 3.05) is 0 Å². The van der Waals surface area contributed by atoms with E-state index in [0.29, 0.717) is 11.3 Å². The molecule has 1 rings (SSSR count). The van der Waals surface area contributed by atoms with Crippen LogP contribution >= 0.6 is 0 Å². The average Bonchev–Trinajstić information content (AvgIpc) is 2.27. The molecule has 0 spiro atoms. The number of hydrogen-bond donors (Lipinski definition) is 1. The third-order valence-electron chi connectivity index (χ3n) is 3.60. The maximum atomic E-state index is 10.7. The summed E-state index contributed by atoms with van der Waals surface area (Å²) in [4.78, 5) is 10.2. The quantitative estimate of drug-likeness (QED) is 0.521. The molecular formula is C13H21NO4Si. The van der Waals surface area contributed by atoms with Crippen LogP contribution in [-0.4, -0.2) is 18.3 Å². The van der Waals surface area contributed by atoms with Crippen LogP contribution in [-0.2, 0) is 6.61 Å². The zero-order valence-electron chi connectivity index (χ0n) is 12.1. The van der Waals surface area contributed by atoms with Crippen LogP contribution in [0.25, 0.3) is 0 Å². The Labute approximate surface area is 114 Å². The summed E-state index contributed by atoms with van der Waals surface area (Å²) in [5.41, 5.74) is 0.422. The Bertz CT molecular complexity index is 480. The number of hydrogen-bond acceptors (Lipinski definition) is 4. The van der Waals surface area contributed by atoms with Crippen LogP contribution in [0.15, 0.2) is 18.2 Å². The van der Waals surface area contributed by atoms with Gasteiger partial charge in [-0.2, -0.15) is 0 Å². The molecule has 0 aromatic heterocycles. The second-order valence-corrected chi connectivity index (χ2v) is 10.8. The van der Waals surface area contributed by atoms with Crippen molar-refractivity contribution in [3.63, 3.8) is 0 Å². The fourth-order valence-corrected chi connectivity index (χ4v) is 2.39. The van der Waals surface area contributed by atoms with E-state index in [-0.39, 0.29) is 17.3 Å². The molecule has 6 heteroatoms. The van der Waals surface area contributed by atoms with E-state index in [0.717, 1.165) is 0 Å². The standard InChI is InChI=1S/C13H21NO4Si/c1-13(2,3)19(4,5)18-12-7-6-11(14(16)17)8-10(12)9-15/h6-8,15H,9H2,1-5H3. The van der Waals surface area contributed by atoms with Gasteiger partial charge in [-0.05, 0) is 24.2 Å². The second kappa shape index (κ2) is 5.30. The Hall–Kier alpha value is -1.40. The van der Waals surface area contributed by atoms with Gasteiger partial charge in [0.15, 0.2) is 0 Å². The third-order valence-corrected chi connectivity index (χ3v) is 7.94. The third kappa shape index (κ3) is 3.54. The van der Waals surface area contributed by atoms with Gasteiger partial charge < -0.3 is 9.53 Å². The fraction of sp³-hybridized carbons (Fsp3) is 0.538. The summed E-state index contributed by atoms with van der Waals surface area (Å²) in [6.45, 7) is 10.3. The first kappa shape index (κ1) is 15.7. The largest absolute Gasteiger partial charge is 0.543 e. The van der Waals surface area contributed by atoms with Gasteiger partial charge in [-0.1, -0.05) is 20.8 Å². The molecule has 0 aliphatic rings. The molecule has 0 aliphatic heterocycles. The lowest BCUT2D eigenvalue weighted by molar-refractivity contribution is -0.385. The van der Waals surface area contributed by atoms with Crippen LogP contribution in [0.2, 0.25) is 18.1 Å². The van der Waals surface area contributed by atoms with Crippen LogP contribution in [0.3, 0.4) is 0 Å². The van der Waals surface area contributed by atoms with Crippen molar-refractivity contribution >= 4 is 14.0 Å². The van der Waals surface area contributed by atoms with E-state index < -0.39 is 13.2 Å². The number of nitro groups is 1. The number of non-ortho nitro benzene ring substituents is 1. The lowest BCUT2D eigenvalue weighted by Gasteiger charge is -2.36. The minimum absolute atomic E-state index is 0.0293. The van der Waals surface area contributed by atoms with Crippen molar-refractivity contribution in [2.45, 2.75) is 45.5 Å². The van der Waals surface area contributed by atoms with Crippen LogP contribution in [0.5, 0.6) is 5.75 Å². The van der Waals surface area contributed by atoms with Crippen molar-refractivity contribution < 1.29 is 14.5 Å². The molecule has 0 unspecified atom stereocenters.